The molecule has 6 nitrogen and oxygen atoms in total. The van der Waals surface area contributed by atoms with Crippen molar-refractivity contribution in [3.63, 3.8) is 0 Å². The highest BCUT2D eigenvalue weighted by atomic mass is 16.6. The highest BCUT2D eigenvalue weighted by molar-refractivity contribution is 6.16. The molecule has 0 spiro atoms. The first-order valence-electron chi connectivity index (χ1n) is 9.63. The van der Waals surface area contributed by atoms with Crippen molar-refractivity contribution in [1.82, 2.24) is 10.3 Å². The van der Waals surface area contributed by atoms with Crippen molar-refractivity contribution >= 4 is 23.6 Å². The molecule has 0 unspecified atom stereocenters. The van der Waals surface area contributed by atoms with Crippen LogP contribution in [0.4, 0.5) is 5.69 Å². The molecule has 1 N–H and O–H groups in total. The van der Waals surface area contributed by atoms with E-state index in [1.165, 1.54) is 0 Å². The quantitative estimate of drug-likeness (QED) is 0.304. The van der Waals surface area contributed by atoms with E-state index in [0.717, 1.165) is 18.5 Å². The van der Waals surface area contributed by atoms with E-state index in [1.807, 2.05) is 64.2 Å². The normalized spacial score (nSPS) is 11.8. The van der Waals surface area contributed by atoms with Crippen LogP contribution in [0.15, 0.2) is 54.9 Å². The van der Waals surface area contributed by atoms with Gasteiger partial charge in [-0.2, -0.15) is 0 Å². The summed E-state index contributed by atoms with van der Waals surface area (Å²) in [7, 11) is 1.86. The van der Waals surface area contributed by atoms with Crippen LogP contribution in [0.2, 0.25) is 0 Å². The van der Waals surface area contributed by atoms with Crippen molar-refractivity contribution in [1.29, 1.82) is 0 Å². The highest BCUT2D eigenvalue weighted by Crippen LogP contribution is 2.24. The van der Waals surface area contributed by atoms with Crippen molar-refractivity contribution < 1.29 is 14.3 Å². The third-order valence-electron chi connectivity index (χ3n) is 4.05. The molecule has 1 aromatic heterocycles. The molecule has 0 bridgehead atoms. The zero-order valence-electron chi connectivity index (χ0n) is 17.5. The standard InChI is InChI=1S/C23H29N3O3/c1-23(2,3)29-22(28)21(11-8-12-24-4)19-13-20(15-25-14-19)26(17-27)16-18-9-6-5-7-10-18/h5-7,9-11,13-15,17,24H,8,12,16H2,1-4H3/b21-11+. The lowest BCUT2D eigenvalue weighted by Gasteiger charge is -2.22. The Morgan fingerprint density at radius 3 is 2.55 bits per heavy atom. The first-order valence-corrected chi connectivity index (χ1v) is 9.63. The number of anilines is 1. The molecule has 154 valence electrons. The van der Waals surface area contributed by atoms with Crippen LogP contribution in [0, 0.1) is 0 Å². The summed E-state index contributed by atoms with van der Waals surface area (Å²) in [5.41, 5.74) is 2.07. The molecule has 0 saturated carbocycles. The van der Waals surface area contributed by atoms with Gasteiger partial charge < -0.3 is 15.0 Å². The predicted molar refractivity (Wildman–Crippen MR) is 115 cm³/mol. The second-order valence-corrected chi connectivity index (χ2v) is 7.66. The van der Waals surface area contributed by atoms with Crippen LogP contribution >= 0.6 is 0 Å². The Labute approximate surface area is 172 Å². The second kappa shape index (κ2) is 10.5. The third-order valence-corrected chi connectivity index (χ3v) is 4.05. The van der Waals surface area contributed by atoms with Crippen molar-refractivity contribution in [2.24, 2.45) is 0 Å². The topological polar surface area (TPSA) is 71.5 Å². The van der Waals surface area contributed by atoms with E-state index in [4.69, 9.17) is 4.74 Å². The van der Waals surface area contributed by atoms with Gasteiger partial charge in [0.25, 0.3) is 0 Å². The molecule has 0 radical (unpaired) electrons. The fraction of sp³-hybridized carbons (Fsp3) is 0.348. The molecule has 1 amide bonds. The summed E-state index contributed by atoms with van der Waals surface area (Å²) < 4.78 is 5.57. The Bertz CT molecular complexity index is 842. The Morgan fingerprint density at radius 2 is 1.93 bits per heavy atom. The smallest absolute Gasteiger partial charge is 0.338 e. The van der Waals surface area contributed by atoms with Crippen LogP contribution in [0.5, 0.6) is 0 Å². The first-order chi connectivity index (χ1) is 13.8. The zero-order chi connectivity index (χ0) is 21.3. The Kier molecular flexibility index (Phi) is 8.09. The molecule has 1 aromatic carbocycles. The fourth-order valence-corrected chi connectivity index (χ4v) is 2.71. The van der Waals surface area contributed by atoms with Gasteiger partial charge in [0.1, 0.15) is 5.60 Å². The van der Waals surface area contributed by atoms with Crippen LogP contribution in [0.3, 0.4) is 0 Å². The number of amides is 1. The number of aromatic nitrogens is 1. The van der Waals surface area contributed by atoms with Gasteiger partial charge in [-0.15, -0.1) is 0 Å². The Balaban J connectivity index is 2.33. The summed E-state index contributed by atoms with van der Waals surface area (Å²) in [5.74, 6) is -0.409. The van der Waals surface area contributed by atoms with Crippen LogP contribution in [-0.2, 0) is 20.9 Å². The van der Waals surface area contributed by atoms with Gasteiger partial charge in [0.05, 0.1) is 24.0 Å². The number of esters is 1. The molecular formula is C23H29N3O3. The number of hydrogen-bond acceptors (Lipinski definition) is 5. The Morgan fingerprint density at radius 1 is 1.21 bits per heavy atom. The lowest BCUT2D eigenvalue weighted by Crippen LogP contribution is -2.25. The molecule has 0 atom stereocenters. The van der Waals surface area contributed by atoms with Gasteiger partial charge in [0.15, 0.2) is 0 Å². The van der Waals surface area contributed by atoms with E-state index in [-0.39, 0.29) is 0 Å². The van der Waals surface area contributed by atoms with Gasteiger partial charge in [-0.3, -0.25) is 9.78 Å². The fourth-order valence-electron chi connectivity index (χ4n) is 2.71. The number of hydrogen-bond donors (Lipinski definition) is 1. The van der Waals surface area contributed by atoms with Crippen LogP contribution < -0.4 is 10.2 Å². The molecule has 0 aliphatic carbocycles. The monoisotopic (exact) mass is 395 g/mol. The molecule has 29 heavy (non-hydrogen) atoms. The number of carbonyl (C=O) groups is 2. The molecule has 0 aliphatic rings. The summed E-state index contributed by atoms with van der Waals surface area (Å²) in [6.45, 7) is 6.64. The Hall–Kier alpha value is -2.99. The number of carbonyl (C=O) groups excluding carboxylic acids is 2. The zero-order valence-corrected chi connectivity index (χ0v) is 17.5. The molecule has 0 aliphatic heterocycles. The molecule has 2 rings (SSSR count). The van der Waals surface area contributed by atoms with Gasteiger partial charge in [-0.05, 0) is 52.4 Å². The minimum absolute atomic E-state index is 0.409. The summed E-state index contributed by atoms with van der Waals surface area (Å²) in [5, 5.41) is 3.06. The van der Waals surface area contributed by atoms with Crippen LogP contribution in [0.1, 0.15) is 38.3 Å². The maximum atomic E-state index is 12.8. The number of pyridine rings is 1. The molecule has 6 heteroatoms. The molecule has 1 heterocycles. The number of nitrogens with zero attached hydrogens (tertiary/aromatic N) is 2. The SMILES string of the molecule is CNCC/C=C(/C(=O)OC(C)(C)C)c1cncc(N(C=O)Cc2ccccc2)c1. The number of ether oxygens (including phenoxy) is 1. The molecule has 2 aromatic rings. The average Bonchev–Trinajstić information content (AvgIpc) is 2.69. The van der Waals surface area contributed by atoms with E-state index in [9.17, 15) is 9.59 Å². The second-order valence-electron chi connectivity index (χ2n) is 7.66. The maximum Gasteiger partial charge on any atom is 0.338 e. The molecule has 0 saturated heterocycles. The van der Waals surface area contributed by atoms with Crippen LogP contribution in [0.25, 0.3) is 5.57 Å². The lowest BCUT2D eigenvalue weighted by atomic mass is 10.1. The molecular weight excluding hydrogens is 366 g/mol. The first kappa shape index (κ1) is 22.3. The lowest BCUT2D eigenvalue weighted by molar-refractivity contribution is -0.147. The highest BCUT2D eigenvalue weighted by Gasteiger charge is 2.22. The van der Waals surface area contributed by atoms with Crippen LogP contribution in [-0.4, -0.2) is 36.6 Å². The van der Waals surface area contributed by atoms with Gasteiger partial charge >= 0.3 is 5.97 Å². The van der Waals surface area contributed by atoms with Crippen molar-refractivity contribution in [3.8, 4) is 0 Å². The summed E-state index contributed by atoms with van der Waals surface area (Å²) in [4.78, 5) is 30.3. The van der Waals surface area contributed by atoms with Gasteiger partial charge in [-0.1, -0.05) is 36.4 Å². The predicted octanol–water partition coefficient (Wildman–Crippen LogP) is 3.58. The maximum absolute atomic E-state index is 12.8. The number of nitrogens with one attached hydrogen (secondary N) is 1. The van der Waals surface area contributed by atoms with Crippen molar-refractivity contribution in [2.45, 2.75) is 39.3 Å². The molecule has 0 fully saturated rings. The number of rotatable bonds is 9. The van der Waals surface area contributed by atoms with E-state index in [0.29, 0.717) is 29.8 Å². The van der Waals surface area contributed by atoms with Crippen molar-refractivity contribution in [2.75, 3.05) is 18.5 Å². The van der Waals surface area contributed by atoms with Gasteiger partial charge in [-0.25, -0.2) is 4.79 Å². The summed E-state index contributed by atoms with van der Waals surface area (Å²) in [6.07, 6.45) is 6.50. The van der Waals surface area contributed by atoms with Crippen molar-refractivity contribution in [3.05, 3.63) is 66.0 Å². The number of benzene rings is 1. The summed E-state index contributed by atoms with van der Waals surface area (Å²) in [6, 6.07) is 11.5. The minimum Gasteiger partial charge on any atom is -0.456 e. The largest absolute Gasteiger partial charge is 0.456 e. The van der Waals surface area contributed by atoms with E-state index in [1.54, 1.807) is 23.4 Å². The average molecular weight is 396 g/mol. The minimum atomic E-state index is -0.605. The van der Waals surface area contributed by atoms with E-state index < -0.39 is 11.6 Å². The van der Waals surface area contributed by atoms with E-state index in [2.05, 4.69) is 10.3 Å². The van der Waals surface area contributed by atoms with Gasteiger partial charge in [0, 0.05) is 11.8 Å². The van der Waals surface area contributed by atoms with E-state index >= 15 is 0 Å². The van der Waals surface area contributed by atoms with Gasteiger partial charge in [0.2, 0.25) is 6.41 Å². The summed E-state index contributed by atoms with van der Waals surface area (Å²) >= 11 is 0. The third kappa shape index (κ3) is 7.16.